The molecule has 2 unspecified atom stereocenters. The number of fused-ring (bicyclic) bond motifs is 2. The maximum atomic E-state index is 14.7. The molecule has 0 aliphatic carbocycles. The number of nitrogens with zero attached hydrogens (tertiary/aromatic N) is 2. The summed E-state index contributed by atoms with van der Waals surface area (Å²) in [7, 11) is 0. The first kappa shape index (κ1) is 16.7. The van der Waals surface area contributed by atoms with Crippen molar-refractivity contribution in [3.8, 4) is 0 Å². The largest absolute Gasteiger partial charge is 0.376 e. The Hall–Kier alpha value is -1.74. The maximum Gasteiger partial charge on any atom is 0.273 e. The quantitative estimate of drug-likeness (QED) is 0.798. The van der Waals surface area contributed by atoms with Gasteiger partial charge in [-0.3, -0.25) is 9.69 Å². The van der Waals surface area contributed by atoms with Crippen molar-refractivity contribution in [2.24, 2.45) is 0 Å². The fourth-order valence-corrected chi connectivity index (χ4v) is 3.74. The lowest BCUT2D eigenvalue weighted by Crippen LogP contribution is -2.62. The van der Waals surface area contributed by atoms with E-state index in [-0.39, 0.29) is 34.3 Å². The van der Waals surface area contributed by atoms with Gasteiger partial charge < -0.3 is 19.7 Å². The molecule has 25 heavy (non-hydrogen) atoms. The minimum atomic E-state index is -0.855. The van der Waals surface area contributed by atoms with Crippen LogP contribution in [0.3, 0.4) is 0 Å². The molecule has 6 nitrogen and oxygen atoms in total. The SMILES string of the molecule is O=C(c1[nH]c2ccc(F)c(Cl)c2c1F)N1CCN2C(O)COCC2C1. The first-order valence-electron chi connectivity index (χ1n) is 7.93. The summed E-state index contributed by atoms with van der Waals surface area (Å²) >= 11 is 5.83. The molecule has 2 aliphatic rings. The minimum Gasteiger partial charge on any atom is -0.376 e. The van der Waals surface area contributed by atoms with Crippen LogP contribution in [0.1, 0.15) is 10.5 Å². The number of piperazine rings is 1. The van der Waals surface area contributed by atoms with Crippen molar-refractivity contribution in [3.63, 3.8) is 0 Å². The lowest BCUT2D eigenvalue weighted by atomic mass is 10.1. The molecule has 0 radical (unpaired) electrons. The number of hydrogen-bond acceptors (Lipinski definition) is 4. The zero-order chi connectivity index (χ0) is 17.7. The Kier molecular flexibility index (Phi) is 4.15. The van der Waals surface area contributed by atoms with Crippen LogP contribution in [0.4, 0.5) is 8.78 Å². The van der Waals surface area contributed by atoms with Gasteiger partial charge in [0.25, 0.3) is 5.91 Å². The molecule has 2 N–H and O–H groups in total. The van der Waals surface area contributed by atoms with Crippen molar-refractivity contribution in [1.29, 1.82) is 0 Å². The third-order valence-corrected chi connectivity index (χ3v) is 5.15. The van der Waals surface area contributed by atoms with Gasteiger partial charge >= 0.3 is 0 Å². The van der Waals surface area contributed by atoms with E-state index in [2.05, 4.69) is 4.98 Å². The zero-order valence-corrected chi connectivity index (χ0v) is 13.9. The van der Waals surface area contributed by atoms with E-state index in [9.17, 15) is 18.7 Å². The summed E-state index contributed by atoms with van der Waals surface area (Å²) in [4.78, 5) is 18.8. The summed E-state index contributed by atoms with van der Waals surface area (Å²) in [6, 6.07) is 2.32. The van der Waals surface area contributed by atoms with Crippen molar-refractivity contribution >= 4 is 28.4 Å². The van der Waals surface area contributed by atoms with Crippen LogP contribution in [-0.2, 0) is 4.74 Å². The molecule has 1 aromatic heterocycles. The minimum absolute atomic E-state index is 0.125. The molecule has 9 heteroatoms. The first-order chi connectivity index (χ1) is 12.0. The third-order valence-electron chi connectivity index (χ3n) is 4.78. The number of carbonyl (C=O) groups excluding carboxylic acids is 1. The van der Waals surface area contributed by atoms with E-state index in [4.69, 9.17) is 16.3 Å². The molecule has 0 bridgehead atoms. The van der Waals surface area contributed by atoms with E-state index in [1.165, 1.54) is 11.0 Å². The Labute approximate surface area is 146 Å². The second-order valence-electron chi connectivity index (χ2n) is 6.26. The third kappa shape index (κ3) is 2.69. The molecule has 2 aliphatic heterocycles. The number of rotatable bonds is 1. The molecule has 1 aromatic carbocycles. The summed E-state index contributed by atoms with van der Waals surface area (Å²) < 4.78 is 33.5. The lowest BCUT2D eigenvalue weighted by molar-refractivity contribution is -0.151. The van der Waals surface area contributed by atoms with Gasteiger partial charge in [0.2, 0.25) is 0 Å². The summed E-state index contributed by atoms with van der Waals surface area (Å²) in [5, 5.41) is 9.45. The number of aliphatic hydroxyl groups excluding tert-OH is 1. The molecule has 2 atom stereocenters. The van der Waals surface area contributed by atoms with Crippen LogP contribution in [-0.4, -0.2) is 70.9 Å². The van der Waals surface area contributed by atoms with E-state index in [1.54, 1.807) is 0 Å². The standard InChI is InChI=1S/C16H16ClF2N3O3/c17-13-9(18)1-2-10-12(13)14(19)15(20-10)16(24)21-3-4-22-8(5-21)6-25-7-11(22)23/h1-2,8,11,20,23H,3-7H2. The number of benzene rings is 1. The van der Waals surface area contributed by atoms with Crippen molar-refractivity contribution in [3.05, 3.63) is 34.5 Å². The van der Waals surface area contributed by atoms with Crippen molar-refractivity contribution in [2.75, 3.05) is 32.8 Å². The number of hydrogen-bond donors (Lipinski definition) is 2. The van der Waals surface area contributed by atoms with Crippen LogP contribution in [0, 0.1) is 11.6 Å². The average molecular weight is 372 g/mol. The number of ether oxygens (including phenoxy) is 1. The molecule has 4 rings (SSSR count). The number of aromatic amines is 1. The molecule has 134 valence electrons. The Morgan fingerprint density at radius 2 is 2.12 bits per heavy atom. The lowest BCUT2D eigenvalue weighted by Gasteiger charge is -2.45. The highest BCUT2D eigenvalue weighted by molar-refractivity contribution is 6.35. The number of aromatic nitrogens is 1. The van der Waals surface area contributed by atoms with Gasteiger partial charge in [-0.25, -0.2) is 8.78 Å². The van der Waals surface area contributed by atoms with Crippen LogP contribution in [0.25, 0.3) is 10.9 Å². The molecular weight excluding hydrogens is 356 g/mol. The van der Waals surface area contributed by atoms with Gasteiger partial charge in [0.1, 0.15) is 17.7 Å². The summed E-state index contributed by atoms with van der Waals surface area (Å²) in [6.07, 6.45) is -0.692. The van der Waals surface area contributed by atoms with Gasteiger partial charge in [-0.05, 0) is 12.1 Å². The van der Waals surface area contributed by atoms with Crippen LogP contribution in [0.15, 0.2) is 12.1 Å². The maximum absolute atomic E-state index is 14.7. The van der Waals surface area contributed by atoms with Crippen LogP contribution in [0.2, 0.25) is 5.02 Å². The normalized spacial score (nSPS) is 24.6. The number of amides is 1. The van der Waals surface area contributed by atoms with E-state index in [0.29, 0.717) is 26.2 Å². The summed E-state index contributed by atoms with van der Waals surface area (Å²) in [6.45, 7) is 1.77. The molecule has 0 spiro atoms. The number of H-pyrrole nitrogens is 1. The van der Waals surface area contributed by atoms with E-state index >= 15 is 0 Å². The van der Waals surface area contributed by atoms with Crippen LogP contribution in [0.5, 0.6) is 0 Å². The topological polar surface area (TPSA) is 68.8 Å². The zero-order valence-electron chi connectivity index (χ0n) is 13.1. The molecule has 1 amide bonds. The van der Waals surface area contributed by atoms with Crippen molar-refractivity contribution in [2.45, 2.75) is 12.3 Å². The van der Waals surface area contributed by atoms with Crippen molar-refractivity contribution < 1.29 is 23.4 Å². The summed E-state index contributed by atoms with van der Waals surface area (Å²) in [5.41, 5.74) is 0.0236. The Bertz CT molecular complexity index is 844. The van der Waals surface area contributed by atoms with Gasteiger partial charge in [0.15, 0.2) is 5.82 Å². The van der Waals surface area contributed by atoms with E-state index < -0.39 is 23.8 Å². The van der Waals surface area contributed by atoms with Gasteiger partial charge in [0, 0.05) is 19.6 Å². The number of halogens is 3. The molecule has 2 aromatic rings. The predicted molar refractivity (Wildman–Crippen MR) is 86.4 cm³/mol. The summed E-state index contributed by atoms with van der Waals surface area (Å²) in [5.74, 6) is -2.12. The van der Waals surface area contributed by atoms with E-state index in [0.717, 1.165) is 6.07 Å². The molecular formula is C16H16ClF2N3O3. The second kappa shape index (κ2) is 6.21. The van der Waals surface area contributed by atoms with Crippen LogP contribution >= 0.6 is 11.6 Å². The van der Waals surface area contributed by atoms with Gasteiger partial charge in [0.05, 0.1) is 35.2 Å². The predicted octanol–water partition coefficient (Wildman–Crippen LogP) is 1.57. The monoisotopic (exact) mass is 371 g/mol. The molecule has 2 saturated heterocycles. The first-order valence-corrected chi connectivity index (χ1v) is 8.31. The van der Waals surface area contributed by atoms with Crippen LogP contribution < -0.4 is 0 Å². The highest BCUT2D eigenvalue weighted by atomic mass is 35.5. The highest BCUT2D eigenvalue weighted by Crippen LogP contribution is 2.31. The number of carbonyl (C=O) groups is 1. The fourth-order valence-electron chi connectivity index (χ4n) is 3.49. The Morgan fingerprint density at radius 1 is 1.32 bits per heavy atom. The molecule has 3 heterocycles. The number of nitrogens with one attached hydrogen (secondary N) is 1. The fraction of sp³-hybridized carbons (Fsp3) is 0.438. The van der Waals surface area contributed by atoms with Gasteiger partial charge in [-0.15, -0.1) is 0 Å². The Balaban J connectivity index is 1.62. The second-order valence-corrected chi connectivity index (χ2v) is 6.64. The van der Waals surface area contributed by atoms with Gasteiger partial charge in [-0.1, -0.05) is 11.6 Å². The smallest absolute Gasteiger partial charge is 0.273 e. The Morgan fingerprint density at radius 3 is 2.92 bits per heavy atom. The average Bonchev–Trinajstić information content (AvgIpc) is 2.95. The molecule has 2 fully saturated rings. The number of aliphatic hydroxyl groups is 1. The number of morpholine rings is 1. The van der Waals surface area contributed by atoms with Gasteiger partial charge in [-0.2, -0.15) is 0 Å². The molecule has 0 saturated carbocycles. The highest BCUT2D eigenvalue weighted by Gasteiger charge is 2.37. The van der Waals surface area contributed by atoms with Crippen molar-refractivity contribution in [1.82, 2.24) is 14.8 Å². The van der Waals surface area contributed by atoms with E-state index in [1.807, 2.05) is 4.90 Å².